The van der Waals surface area contributed by atoms with E-state index in [4.69, 9.17) is 0 Å². The third-order valence-electron chi connectivity index (χ3n) is 4.54. The Morgan fingerprint density at radius 3 is 2.71 bits per heavy atom. The number of carboxylic acids is 1. The van der Waals surface area contributed by atoms with Crippen LogP contribution in [0.1, 0.15) is 51.5 Å². The second-order valence-electron chi connectivity index (χ2n) is 6.82. The average Bonchev–Trinajstić information content (AvgIpc) is 2.46. The number of hydrogen-bond donors (Lipinski definition) is 2. The first-order chi connectivity index (χ1) is 10.0. The molecular formula is C18H27NO2. The highest BCUT2D eigenvalue weighted by Gasteiger charge is 2.42. The van der Waals surface area contributed by atoms with Gasteiger partial charge in [0.1, 0.15) is 5.54 Å². The van der Waals surface area contributed by atoms with Gasteiger partial charge in [-0.3, -0.25) is 10.1 Å². The van der Waals surface area contributed by atoms with Crippen LogP contribution in [0.4, 0.5) is 0 Å². The molecule has 0 radical (unpaired) electrons. The Balaban J connectivity index is 2.04. The molecule has 0 aromatic heterocycles. The van der Waals surface area contributed by atoms with Gasteiger partial charge in [-0.25, -0.2) is 0 Å². The van der Waals surface area contributed by atoms with Crippen LogP contribution < -0.4 is 5.32 Å². The van der Waals surface area contributed by atoms with E-state index in [9.17, 15) is 9.90 Å². The number of hydrogen-bond acceptors (Lipinski definition) is 2. The fourth-order valence-electron chi connectivity index (χ4n) is 3.55. The van der Waals surface area contributed by atoms with Gasteiger partial charge in [-0.05, 0) is 36.7 Å². The quantitative estimate of drug-likeness (QED) is 0.836. The van der Waals surface area contributed by atoms with Crippen molar-refractivity contribution < 1.29 is 9.90 Å². The van der Waals surface area contributed by atoms with Crippen molar-refractivity contribution in [1.29, 1.82) is 0 Å². The maximum atomic E-state index is 11.9. The Morgan fingerprint density at radius 1 is 1.38 bits per heavy atom. The van der Waals surface area contributed by atoms with E-state index >= 15 is 0 Å². The highest BCUT2D eigenvalue weighted by molar-refractivity contribution is 5.79. The SMILES string of the molecule is CC(C)CC1CCCC(NCc2ccccc2)(C(=O)O)C1. The van der Waals surface area contributed by atoms with Crippen LogP contribution in [0.5, 0.6) is 0 Å². The Hall–Kier alpha value is -1.35. The van der Waals surface area contributed by atoms with Crippen LogP contribution in [0.2, 0.25) is 0 Å². The van der Waals surface area contributed by atoms with Crippen LogP contribution in [-0.4, -0.2) is 16.6 Å². The molecule has 0 heterocycles. The van der Waals surface area contributed by atoms with Gasteiger partial charge in [-0.1, -0.05) is 57.0 Å². The lowest BCUT2D eigenvalue weighted by atomic mass is 9.73. The predicted octanol–water partition coefficient (Wildman–Crippen LogP) is 3.84. The molecule has 2 rings (SSSR count). The second kappa shape index (κ2) is 7.08. The molecule has 0 aliphatic heterocycles. The summed E-state index contributed by atoms with van der Waals surface area (Å²) in [5.74, 6) is 0.471. The second-order valence-corrected chi connectivity index (χ2v) is 6.82. The molecule has 0 bridgehead atoms. The molecule has 21 heavy (non-hydrogen) atoms. The highest BCUT2D eigenvalue weighted by atomic mass is 16.4. The Morgan fingerprint density at radius 2 is 2.10 bits per heavy atom. The van der Waals surface area contributed by atoms with Crippen molar-refractivity contribution in [3.8, 4) is 0 Å². The summed E-state index contributed by atoms with van der Waals surface area (Å²) in [7, 11) is 0. The molecule has 1 aliphatic carbocycles. The van der Waals surface area contributed by atoms with Crippen molar-refractivity contribution in [2.75, 3.05) is 0 Å². The number of nitrogens with one attached hydrogen (secondary N) is 1. The summed E-state index contributed by atoms with van der Waals surface area (Å²) < 4.78 is 0. The summed E-state index contributed by atoms with van der Waals surface area (Å²) in [6, 6.07) is 10.0. The summed E-state index contributed by atoms with van der Waals surface area (Å²) in [5.41, 5.74) is 0.400. The number of carboxylic acid groups (broad SMARTS) is 1. The largest absolute Gasteiger partial charge is 0.480 e. The summed E-state index contributed by atoms with van der Waals surface area (Å²) in [5, 5.41) is 13.1. The van der Waals surface area contributed by atoms with Crippen molar-refractivity contribution in [1.82, 2.24) is 5.32 Å². The Kier molecular flexibility index (Phi) is 5.40. The molecule has 2 atom stereocenters. The van der Waals surface area contributed by atoms with E-state index in [-0.39, 0.29) is 0 Å². The van der Waals surface area contributed by atoms with Crippen LogP contribution >= 0.6 is 0 Å². The standard InChI is InChI=1S/C18H27NO2/c1-14(2)11-16-9-6-10-18(12-16,17(20)21)19-13-15-7-4-3-5-8-15/h3-5,7-8,14,16,19H,6,9-13H2,1-2H3,(H,20,21). The van der Waals surface area contributed by atoms with Crippen LogP contribution in [0, 0.1) is 11.8 Å². The van der Waals surface area contributed by atoms with Crippen LogP contribution in [-0.2, 0) is 11.3 Å². The zero-order chi connectivity index (χ0) is 15.3. The zero-order valence-electron chi connectivity index (χ0n) is 13.1. The fraction of sp³-hybridized carbons (Fsp3) is 0.611. The number of benzene rings is 1. The molecule has 0 spiro atoms. The Labute approximate surface area is 127 Å². The third-order valence-corrected chi connectivity index (χ3v) is 4.54. The van der Waals surface area contributed by atoms with Crippen molar-refractivity contribution in [3.63, 3.8) is 0 Å². The normalized spacial score (nSPS) is 26.0. The molecule has 1 saturated carbocycles. The van der Waals surface area contributed by atoms with Gasteiger partial charge in [0.15, 0.2) is 0 Å². The molecule has 3 heteroatoms. The Bertz CT molecular complexity index is 458. The zero-order valence-corrected chi connectivity index (χ0v) is 13.1. The minimum Gasteiger partial charge on any atom is -0.480 e. The third kappa shape index (κ3) is 4.31. The smallest absolute Gasteiger partial charge is 0.323 e. The van der Waals surface area contributed by atoms with Gasteiger partial charge in [0.25, 0.3) is 0 Å². The molecular weight excluding hydrogens is 262 g/mol. The lowest BCUT2D eigenvalue weighted by molar-refractivity contribution is -0.147. The summed E-state index contributed by atoms with van der Waals surface area (Å²) >= 11 is 0. The van der Waals surface area contributed by atoms with E-state index in [1.807, 2.05) is 30.3 Å². The number of rotatable bonds is 6. The van der Waals surface area contributed by atoms with Crippen molar-refractivity contribution in [2.24, 2.45) is 11.8 Å². The first-order valence-corrected chi connectivity index (χ1v) is 8.04. The molecule has 0 amide bonds. The summed E-state index contributed by atoms with van der Waals surface area (Å²) in [6.45, 7) is 5.06. The maximum absolute atomic E-state index is 11.9. The monoisotopic (exact) mass is 289 g/mol. The van der Waals surface area contributed by atoms with Gasteiger partial charge < -0.3 is 5.11 Å². The lowest BCUT2D eigenvalue weighted by Gasteiger charge is -2.39. The summed E-state index contributed by atoms with van der Waals surface area (Å²) in [4.78, 5) is 11.9. The van der Waals surface area contributed by atoms with E-state index in [1.54, 1.807) is 0 Å². The molecule has 2 unspecified atom stereocenters. The maximum Gasteiger partial charge on any atom is 0.323 e. The minimum atomic E-state index is -0.742. The van der Waals surface area contributed by atoms with Gasteiger partial charge >= 0.3 is 5.97 Å². The van der Waals surface area contributed by atoms with Crippen LogP contribution in [0.15, 0.2) is 30.3 Å². The molecule has 0 saturated heterocycles. The molecule has 2 N–H and O–H groups in total. The van der Waals surface area contributed by atoms with E-state index < -0.39 is 11.5 Å². The van der Waals surface area contributed by atoms with Gasteiger partial charge in [0.2, 0.25) is 0 Å². The average molecular weight is 289 g/mol. The minimum absolute atomic E-state index is 0.526. The van der Waals surface area contributed by atoms with Gasteiger partial charge in [-0.15, -0.1) is 0 Å². The van der Waals surface area contributed by atoms with Gasteiger partial charge in [0.05, 0.1) is 0 Å². The van der Waals surface area contributed by atoms with E-state index in [2.05, 4.69) is 19.2 Å². The summed E-state index contributed by atoms with van der Waals surface area (Å²) in [6.07, 6.45) is 4.80. The lowest BCUT2D eigenvalue weighted by Crippen LogP contribution is -2.54. The molecule has 1 aromatic rings. The topological polar surface area (TPSA) is 49.3 Å². The molecule has 116 valence electrons. The van der Waals surface area contributed by atoms with Crippen LogP contribution in [0.3, 0.4) is 0 Å². The number of carbonyl (C=O) groups is 1. The van der Waals surface area contributed by atoms with E-state index in [1.165, 1.54) is 6.42 Å². The van der Waals surface area contributed by atoms with Gasteiger partial charge in [-0.2, -0.15) is 0 Å². The van der Waals surface area contributed by atoms with Gasteiger partial charge in [0, 0.05) is 6.54 Å². The van der Waals surface area contributed by atoms with E-state index in [0.717, 1.165) is 31.2 Å². The predicted molar refractivity (Wildman–Crippen MR) is 85.1 cm³/mol. The fourth-order valence-corrected chi connectivity index (χ4v) is 3.55. The first-order valence-electron chi connectivity index (χ1n) is 8.04. The van der Waals surface area contributed by atoms with Crippen molar-refractivity contribution in [2.45, 2.75) is 58.0 Å². The molecule has 1 aromatic carbocycles. The number of aliphatic carboxylic acids is 1. The molecule has 1 aliphatic rings. The van der Waals surface area contributed by atoms with Crippen molar-refractivity contribution >= 4 is 5.97 Å². The highest BCUT2D eigenvalue weighted by Crippen LogP contribution is 2.36. The van der Waals surface area contributed by atoms with Crippen LogP contribution in [0.25, 0.3) is 0 Å². The van der Waals surface area contributed by atoms with E-state index in [0.29, 0.717) is 18.4 Å². The van der Waals surface area contributed by atoms with Crippen molar-refractivity contribution in [3.05, 3.63) is 35.9 Å². The molecule has 1 fully saturated rings. The first kappa shape index (κ1) is 16.0. The molecule has 3 nitrogen and oxygen atoms in total.